The number of benzene rings is 1. The van der Waals surface area contributed by atoms with Crippen molar-refractivity contribution in [3.8, 4) is 0 Å². The van der Waals surface area contributed by atoms with Crippen LogP contribution in [-0.2, 0) is 34.1 Å². The summed E-state index contributed by atoms with van der Waals surface area (Å²) in [6.07, 6.45) is 3.89. The first kappa shape index (κ1) is 21.5. The Labute approximate surface area is 172 Å². The van der Waals surface area contributed by atoms with Gasteiger partial charge in [-0.1, -0.05) is 30.3 Å². The van der Waals surface area contributed by atoms with Gasteiger partial charge in [-0.15, -0.1) is 0 Å². The summed E-state index contributed by atoms with van der Waals surface area (Å²) in [6.45, 7) is 6.06. The van der Waals surface area contributed by atoms with Crippen molar-refractivity contribution < 1.29 is 13.2 Å². The average molecular weight is 419 g/mol. The number of nitrogens with two attached hydrogens (primary N) is 1. The van der Waals surface area contributed by atoms with E-state index >= 15 is 0 Å². The van der Waals surface area contributed by atoms with Gasteiger partial charge in [-0.2, -0.15) is 0 Å². The normalized spacial score (nSPS) is 16.4. The lowest BCUT2D eigenvalue weighted by atomic mass is 9.96. The molecular weight excluding hydrogens is 388 g/mol. The third kappa shape index (κ3) is 5.05. The Bertz CT molecular complexity index is 930. The first-order valence-corrected chi connectivity index (χ1v) is 11.7. The molecule has 1 fully saturated rings. The fourth-order valence-corrected chi connectivity index (χ4v) is 4.82. The zero-order chi connectivity index (χ0) is 21.0. The summed E-state index contributed by atoms with van der Waals surface area (Å²) < 4.78 is 27.5. The van der Waals surface area contributed by atoms with Gasteiger partial charge in [0.1, 0.15) is 0 Å². The van der Waals surface area contributed by atoms with Crippen LogP contribution >= 0.6 is 0 Å². The van der Waals surface area contributed by atoms with Crippen LogP contribution in [0.15, 0.2) is 41.7 Å². The zero-order valence-electron chi connectivity index (χ0n) is 17.1. The lowest BCUT2D eigenvalue weighted by Crippen LogP contribution is -2.38. The molecule has 0 atom stereocenters. The smallest absolute Gasteiger partial charge is 0.228 e. The maximum Gasteiger partial charge on any atom is 0.228 e. The van der Waals surface area contributed by atoms with E-state index < -0.39 is 15.1 Å². The highest BCUT2D eigenvalue weighted by atomic mass is 32.2. The summed E-state index contributed by atoms with van der Waals surface area (Å²) in [5.74, 6) is -0.297. The lowest BCUT2D eigenvalue weighted by molar-refractivity contribution is -0.123. The van der Waals surface area contributed by atoms with Gasteiger partial charge >= 0.3 is 0 Å². The fourth-order valence-electron chi connectivity index (χ4n) is 3.69. The van der Waals surface area contributed by atoms with Crippen molar-refractivity contribution >= 4 is 15.7 Å². The number of carbonyl (C=O) groups is 1. The predicted octanol–water partition coefficient (Wildman–Crippen LogP) is 2.01. The first-order chi connectivity index (χ1) is 13.8. The highest BCUT2D eigenvalue weighted by Crippen LogP contribution is 2.22. The van der Waals surface area contributed by atoms with Gasteiger partial charge in [-0.3, -0.25) is 9.69 Å². The number of rotatable bonds is 8. The van der Waals surface area contributed by atoms with Crippen molar-refractivity contribution in [3.05, 3.63) is 47.8 Å². The Morgan fingerprint density at radius 3 is 2.45 bits per heavy atom. The number of nitrogens with zero attached hydrogens (tertiary/aromatic N) is 3. The van der Waals surface area contributed by atoms with Crippen LogP contribution in [0.5, 0.6) is 0 Å². The molecule has 1 amide bonds. The molecule has 1 aromatic heterocycles. The van der Waals surface area contributed by atoms with E-state index in [0.29, 0.717) is 13.1 Å². The number of hydrogen-bond donors (Lipinski definition) is 1. The van der Waals surface area contributed by atoms with Gasteiger partial charge in [0, 0.05) is 19.0 Å². The van der Waals surface area contributed by atoms with Crippen LogP contribution in [-0.4, -0.2) is 47.1 Å². The van der Waals surface area contributed by atoms with Crippen molar-refractivity contribution in [2.24, 2.45) is 11.7 Å². The quantitative estimate of drug-likeness (QED) is 0.707. The molecule has 2 aromatic rings. The molecule has 1 aromatic carbocycles. The summed E-state index contributed by atoms with van der Waals surface area (Å²) in [6, 6.07) is 10.0. The zero-order valence-corrected chi connectivity index (χ0v) is 17.9. The molecule has 1 aliphatic rings. The second-order valence-corrected chi connectivity index (χ2v) is 10.4. The van der Waals surface area contributed by atoms with Crippen molar-refractivity contribution in [3.63, 3.8) is 0 Å². The highest BCUT2D eigenvalue weighted by Gasteiger charge is 2.28. The molecule has 2 N–H and O–H groups in total. The van der Waals surface area contributed by atoms with Crippen molar-refractivity contribution in [2.45, 2.75) is 56.6 Å². The Morgan fingerprint density at radius 1 is 1.21 bits per heavy atom. The number of amides is 1. The van der Waals surface area contributed by atoms with Gasteiger partial charge in [0.15, 0.2) is 0 Å². The minimum absolute atomic E-state index is 0.0638. The lowest BCUT2D eigenvalue weighted by Gasteiger charge is -2.30. The van der Waals surface area contributed by atoms with Gasteiger partial charge < -0.3 is 10.3 Å². The third-order valence-corrected chi connectivity index (χ3v) is 7.70. The third-order valence-electron chi connectivity index (χ3n) is 5.62. The second kappa shape index (κ2) is 9.09. The van der Waals surface area contributed by atoms with E-state index in [9.17, 15) is 13.2 Å². The van der Waals surface area contributed by atoms with Crippen molar-refractivity contribution in [2.75, 3.05) is 13.1 Å². The molecule has 29 heavy (non-hydrogen) atoms. The minimum Gasteiger partial charge on any atom is -0.369 e. The topological polar surface area (TPSA) is 98.3 Å². The Kier molecular flexibility index (Phi) is 6.74. The molecule has 0 aliphatic carbocycles. The van der Waals surface area contributed by atoms with E-state index in [1.165, 1.54) is 0 Å². The van der Waals surface area contributed by atoms with Crippen LogP contribution in [0.2, 0.25) is 0 Å². The number of piperidine rings is 1. The number of imidazole rings is 1. The number of sulfone groups is 1. The maximum absolute atomic E-state index is 12.8. The molecule has 7 nitrogen and oxygen atoms in total. The summed E-state index contributed by atoms with van der Waals surface area (Å²) in [5.41, 5.74) is 7.47. The summed E-state index contributed by atoms with van der Waals surface area (Å²) in [7, 11) is -3.48. The monoisotopic (exact) mass is 418 g/mol. The number of carbonyl (C=O) groups excluding carboxylic acids is 1. The molecular formula is C21H30N4O3S. The van der Waals surface area contributed by atoms with Crippen LogP contribution < -0.4 is 5.73 Å². The summed E-state index contributed by atoms with van der Waals surface area (Å²) in [5, 5.41) is -0.384. The standard InChI is InChI=1S/C21H30N4O3S/c1-16(2)29(27,28)21-23-14-19(15-24-11-9-18(10-12-24)20(22)26)25(21)13-8-17-6-4-3-5-7-17/h3-7,14,16,18H,8-13,15H2,1-2H3,(H2,22,26). The number of hydrogen-bond acceptors (Lipinski definition) is 5. The van der Waals surface area contributed by atoms with Gasteiger partial charge in [-0.25, -0.2) is 13.4 Å². The van der Waals surface area contributed by atoms with E-state index in [2.05, 4.69) is 9.88 Å². The van der Waals surface area contributed by atoms with Gasteiger partial charge in [0.05, 0.1) is 17.1 Å². The van der Waals surface area contributed by atoms with Crippen LogP contribution in [0, 0.1) is 5.92 Å². The van der Waals surface area contributed by atoms with Crippen LogP contribution in [0.25, 0.3) is 0 Å². The van der Waals surface area contributed by atoms with Crippen LogP contribution in [0.3, 0.4) is 0 Å². The molecule has 0 unspecified atom stereocenters. The maximum atomic E-state index is 12.8. The molecule has 1 aliphatic heterocycles. The Balaban J connectivity index is 1.81. The SMILES string of the molecule is CC(C)S(=O)(=O)c1ncc(CN2CCC(C(N)=O)CC2)n1CCc1ccccc1. The average Bonchev–Trinajstić information content (AvgIpc) is 3.10. The number of likely N-dealkylation sites (tertiary alicyclic amines) is 1. The molecule has 0 radical (unpaired) electrons. The molecule has 0 saturated carbocycles. The molecule has 3 rings (SSSR count). The van der Waals surface area contributed by atoms with E-state index in [4.69, 9.17) is 5.73 Å². The highest BCUT2D eigenvalue weighted by molar-refractivity contribution is 7.91. The fraction of sp³-hybridized carbons (Fsp3) is 0.524. The van der Waals surface area contributed by atoms with Gasteiger partial charge in [0.2, 0.25) is 20.9 Å². The van der Waals surface area contributed by atoms with Crippen molar-refractivity contribution in [1.29, 1.82) is 0 Å². The molecule has 0 bridgehead atoms. The second-order valence-electron chi connectivity index (χ2n) is 7.97. The summed E-state index contributed by atoms with van der Waals surface area (Å²) >= 11 is 0. The summed E-state index contributed by atoms with van der Waals surface area (Å²) in [4.78, 5) is 17.9. The molecule has 0 spiro atoms. The van der Waals surface area contributed by atoms with Gasteiger partial charge in [-0.05, 0) is 51.8 Å². The number of primary amides is 1. The largest absolute Gasteiger partial charge is 0.369 e. The Hall–Kier alpha value is -2.19. The predicted molar refractivity (Wildman–Crippen MR) is 112 cm³/mol. The molecule has 8 heteroatoms. The Morgan fingerprint density at radius 2 is 1.86 bits per heavy atom. The minimum atomic E-state index is -3.48. The molecule has 1 saturated heterocycles. The van der Waals surface area contributed by atoms with Crippen molar-refractivity contribution in [1.82, 2.24) is 14.5 Å². The van der Waals surface area contributed by atoms with E-state index in [0.717, 1.165) is 43.6 Å². The number of aryl methyl sites for hydroxylation is 1. The van der Waals surface area contributed by atoms with E-state index in [1.807, 2.05) is 34.9 Å². The number of aromatic nitrogens is 2. The molecule has 2 heterocycles. The van der Waals surface area contributed by atoms with E-state index in [1.54, 1.807) is 20.0 Å². The van der Waals surface area contributed by atoms with Crippen LogP contribution in [0.1, 0.15) is 37.9 Å². The van der Waals surface area contributed by atoms with Gasteiger partial charge in [0.25, 0.3) is 0 Å². The molecule has 158 valence electrons. The van der Waals surface area contributed by atoms with Crippen LogP contribution in [0.4, 0.5) is 0 Å². The van der Waals surface area contributed by atoms with E-state index in [-0.39, 0.29) is 17.0 Å². The first-order valence-electron chi connectivity index (χ1n) is 10.1.